The zero-order chi connectivity index (χ0) is 21.5. The number of hydrogen-bond donors (Lipinski definition) is 0. The molecule has 3 nitrogen and oxygen atoms in total. The number of aromatic nitrogens is 1. The first-order valence-corrected chi connectivity index (χ1v) is 13.7. The van der Waals surface area contributed by atoms with Gasteiger partial charge in [0.15, 0.2) is 4.80 Å². The summed E-state index contributed by atoms with van der Waals surface area (Å²) in [6, 6.07) is 20.5. The maximum atomic E-state index is 13.7. The highest BCUT2D eigenvalue weighted by atomic mass is 32.2. The second kappa shape index (κ2) is 8.58. The zero-order valence-corrected chi connectivity index (χ0v) is 19.9. The van der Waals surface area contributed by atoms with Crippen LogP contribution in [0.15, 0.2) is 91.5 Å². The minimum atomic E-state index is -0.0762. The lowest BCUT2D eigenvalue weighted by molar-refractivity contribution is 0.553. The van der Waals surface area contributed by atoms with Crippen molar-refractivity contribution in [1.29, 1.82) is 0 Å². The molecule has 3 aliphatic rings. The summed E-state index contributed by atoms with van der Waals surface area (Å²) in [7, 11) is 0. The van der Waals surface area contributed by atoms with Crippen molar-refractivity contribution in [2.45, 2.75) is 25.3 Å². The molecule has 0 N–H and O–H groups in total. The topological polar surface area (TPSA) is 34.4 Å². The highest BCUT2D eigenvalue weighted by Gasteiger charge is 2.33. The number of thioether (sulfide) groups is 2. The van der Waals surface area contributed by atoms with E-state index < -0.39 is 0 Å². The van der Waals surface area contributed by atoms with Crippen LogP contribution in [0, 0.1) is 0 Å². The lowest BCUT2D eigenvalue weighted by Crippen LogP contribution is -2.39. The van der Waals surface area contributed by atoms with Gasteiger partial charge in [-0.3, -0.25) is 9.36 Å². The Labute approximate surface area is 199 Å². The molecule has 32 heavy (non-hydrogen) atoms. The summed E-state index contributed by atoms with van der Waals surface area (Å²) in [6.45, 7) is 0. The van der Waals surface area contributed by atoms with Gasteiger partial charge in [0, 0.05) is 15.7 Å². The van der Waals surface area contributed by atoms with Gasteiger partial charge >= 0.3 is 0 Å². The van der Waals surface area contributed by atoms with Crippen molar-refractivity contribution in [3.63, 3.8) is 0 Å². The fourth-order valence-corrected chi connectivity index (χ4v) is 8.32. The number of hydrogen-bond acceptors (Lipinski definition) is 5. The highest BCUT2D eigenvalue weighted by Crippen LogP contribution is 2.47. The van der Waals surface area contributed by atoms with Crippen molar-refractivity contribution in [1.82, 2.24) is 4.57 Å². The molecule has 0 bridgehead atoms. The molecule has 3 heterocycles. The van der Waals surface area contributed by atoms with Gasteiger partial charge in [-0.05, 0) is 47.6 Å². The first-order chi connectivity index (χ1) is 15.8. The first-order valence-electron chi connectivity index (χ1n) is 10.9. The van der Waals surface area contributed by atoms with Crippen molar-refractivity contribution in [2.24, 2.45) is 4.99 Å². The van der Waals surface area contributed by atoms with E-state index in [4.69, 9.17) is 4.99 Å². The molecule has 1 fully saturated rings. The van der Waals surface area contributed by atoms with Crippen LogP contribution in [-0.2, 0) is 0 Å². The second-order valence-corrected chi connectivity index (χ2v) is 11.6. The molecule has 6 rings (SSSR count). The monoisotopic (exact) mass is 474 g/mol. The van der Waals surface area contributed by atoms with Gasteiger partial charge in [0.2, 0.25) is 0 Å². The molecule has 0 radical (unpaired) electrons. The van der Waals surface area contributed by atoms with Gasteiger partial charge < -0.3 is 0 Å². The molecule has 1 unspecified atom stereocenters. The highest BCUT2D eigenvalue weighted by molar-refractivity contribution is 8.25. The van der Waals surface area contributed by atoms with Gasteiger partial charge in [0.25, 0.3) is 5.56 Å². The van der Waals surface area contributed by atoms with E-state index >= 15 is 0 Å². The molecule has 3 aromatic rings. The minimum Gasteiger partial charge on any atom is -0.272 e. The van der Waals surface area contributed by atoms with Crippen molar-refractivity contribution < 1.29 is 0 Å². The third kappa shape index (κ3) is 3.54. The van der Waals surface area contributed by atoms with E-state index in [9.17, 15) is 4.79 Å². The minimum absolute atomic E-state index is 0.0578. The van der Waals surface area contributed by atoms with E-state index in [0.717, 1.165) is 39.9 Å². The molecule has 6 heteroatoms. The zero-order valence-electron chi connectivity index (χ0n) is 17.5. The van der Waals surface area contributed by atoms with Gasteiger partial charge in [-0.25, -0.2) is 4.99 Å². The van der Waals surface area contributed by atoms with Gasteiger partial charge in [0.05, 0.1) is 16.3 Å². The predicted molar refractivity (Wildman–Crippen MR) is 137 cm³/mol. The van der Waals surface area contributed by atoms with Crippen LogP contribution in [0.2, 0.25) is 0 Å². The number of fused-ring (bicyclic) bond motifs is 1. The summed E-state index contributed by atoms with van der Waals surface area (Å²) in [6.07, 6.45) is 5.19. The maximum Gasteiger partial charge on any atom is 0.271 e. The van der Waals surface area contributed by atoms with Crippen LogP contribution in [0.4, 0.5) is 0 Å². The normalized spacial score (nSPS) is 20.9. The Bertz CT molecular complexity index is 1410. The fraction of sp³-hybridized carbons (Fsp3) is 0.231. The summed E-state index contributed by atoms with van der Waals surface area (Å²) >= 11 is 5.45. The fourth-order valence-electron chi connectivity index (χ4n) is 4.71. The molecule has 0 saturated carbocycles. The largest absolute Gasteiger partial charge is 0.272 e. The van der Waals surface area contributed by atoms with Crippen LogP contribution < -0.4 is 14.9 Å². The van der Waals surface area contributed by atoms with Crippen molar-refractivity contribution in [2.75, 3.05) is 11.5 Å². The standard InChI is InChI=1S/C26H22N2OS3/c29-24-21(16-17-8-3-1-4-9-17)32-26-27-22-19(12-7-13-20(22)25-30-14-15-31-25)23(28(24)26)18-10-5-2-6-11-18/h1-6,8-11,16,23H,7,12-15H2. The van der Waals surface area contributed by atoms with Gasteiger partial charge in [-0.2, -0.15) is 0 Å². The lowest BCUT2D eigenvalue weighted by atomic mass is 9.85. The summed E-state index contributed by atoms with van der Waals surface area (Å²) in [5, 5.41) is 0. The Balaban J connectivity index is 1.62. The van der Waals surface area contributed by atoms with Crippen LogP contribution in [0.5, 0.6) is 0 Å². The number of benzene rings is 2. The van der Waals surface area contributed by atoms with Crippen LogP contribution in [-0.4, -0.2) is 16.1 Å². The Morgan fingerprint density at radius 2 is 1.66 bits per heavy atom. The number of nitrogens with zero attached hydrogens (tertiary/aromatic N) is 2. The maximum absolute atomic E-state index is 13.7. The first kappa shape index (κ1) is 20.3. The van der Waals surface area contributed by atoms with E-state index in [0.29, 0.717) is 0 Å². The van der Waals surface area contributed by atoms with Crippen LogP contribution >= 0.6 is 34.9 Å². The van der Waals surface area contributed by atoms with Crippen LogP contribution in [0.25, 0.3) is 6.08 Å². The third-order valence-electron chi connectivity index (χ3n) is 6.10. The molecule has 2 aliphatic heterocycles. The van der Waals surface area contributed by atoms with Crippen molar-refractivity contribution in [3.8, 4) is 0 Å². The number of allylic oxidation sites excluding steroid dienone is 2. The molecule has 1 aromatic heterocycles. The summed E-state index contributed by atoms with van der Waals surface area (Å²) in [5.41, 5.74) is 6.12. The van der Waals surface area contributed by atoms with Crippen LogP contribution in [0.3, 0.4) is 0 Å². The lowest BCUT2D eigenvalue weighted by Gasteiger charge is -2.31. The van der Waals surface area contributed by atoms with Gasteiger partial charge in [0.1, 0.15) is 0 Å². The molecular weight excluding hydrogens is 453 g/mol. The number of rotatable bonds is 2. The van der Waals surface area contributed by atoms with E-state index in [2.05, 4.69) is 24.3 Å². The SMILES string of the molecule is O=c1c(=Cc2ccccc2)sc2n1C(c1ccccc1)C1=C(N=2)C(=C2SCCS2)CCC1. The summed E-state index contributed by atoms with van der Waals surface area (Å²) < 4.78 is 4.13. The molecule has 1 saturated heterocycles. The molecule has 160 valence electrons. The Morgan fingerprint density at radius 1 is 0.938 bits per heavy atom. The van der Waals surface area contributed by atoms with E-state index in [1.54, 1.807) is 0 Å². The van der Waals surface area contributed by atoms with E-state index in [1.165, 1.54) is 43.8 Å². The predicted octanol–water partition coefficient (Wildman–Crippen LogP) is 5.09. The molecule has 0 amide bonds. The molecule has 2 aromatic carbocycles. The van der Waals surface area contributed by atoms with Crippen molar-refractivity contribution in [3.05, 3.63) is 113 Å². The van der Waals surface area contributed by atoms with Crippen LogP contribution in [0.1, 0.15) is 36.4 Å². The Morgan fingerprint density at radius 3 is 2.41 bits per heavy atom. The van der Waals surface area contributed by atoms with E-state index in [1.807, 2.05) is 70.6 Å². The molecule has 0 spiro atoms. The van der Waals surface area contributed by atoms with Crippen molar-refractivity contribution >= 4 is 40.9 Å². The molecule has 1 aliphatic carbocycles. The smallest absolute Gasteiger partial charge is 0.271 e. The third-order valence-corrected chi connectivity index (χ3v) is 9.89. The average Bonchev–Trinajstić information content (AvgIpc) is 3.47. The molecule has 1 atom stereocenters. The van der Waals surface area contributed by atoms with E-state index in [-0.39, 0.29) is 11.6 Å². The average molecular weight is 475 g/mol. The Kier molecular flexibility index (Phi) is 5.45. The summed E-state index contributed by atoms with van der Waals surface area (Å²) in [5.74, 6) is 2.35. The molecular formula is C26H22N2OS3. The summed E-state index contributed by atoms with van der Waals surface area (Å²) in [4.78, 5) is 19.6. The second-order valence-electron chi connectivity index (χ2n) is 8.09. The number of thiazole rings is 1. The Hall–Kier alpha value is -2.28. The van der Waals surface area contributed by atoms with Gasteiger partial charge in [-0.1, -0.05) is 72.0 Å². The van der Waals surface area contributed by atoms with Gasteiger partial charge in [-0.15, -0.1) is 23.5 Å². The quantitative estimate of drug-likeness (QED) is 0.519.